The molecule has 0 spiro atoms. The van der Waals surface area contributed by atoms with E-state index in [1.807, 2.05) is 6.07 Å². The van der Waals surface area contributed by atoms with E-state index in [1.54, 1.807) is 12.1 Å². The lowest BCUT2D eigenvalue weighted by molar-refractivity contribution is 0.152. The van der Waals surface area contributed by atoms with E-state index in [4.69, 9.17) is 4.74 Å². The molecule has 2 aliphatic heterocycles. The highest BCUT2D eigenvalue weighted by Gasteiger charge is 2.25. The molecule has 0 aliphatic carbocycles. The van der Waals surface area contributed by atoms with Gasteiger partial charge in [0.25, 0.3) is 0 Å². The van der Waals surface area contributed by atoms with Gasteiger partial charge in [0.1, 0.15) is 11.5 Å². The van der Waals surface area contributed by atoms with Gasteiger partial charge in [-0.05, 0) is 37.6 Å². The van der Waals surface area contributed by atoms with Crippen LogP contribution in [0.15, 0.2) is 18.2 Å². The van der Waals surface area contributed by atoms with Crippen LogP contribution in [0.2, 0.25) is 0 Å². The first-order valence-electron chi connectivity index (χ1n) is 6.01. The summed E-state index contributed by atoms with van der Waals surface area (Å²) >= 11 is 0. The topological polar surface area (TPSA) is 32.7 Å². The Balaban J connectivity index is 1.81. The van der Waals surface area contributed by atoms with E-state index < -0.39 is 0 Å². The highest BCUT2D eigenvalue weighted by molar-refractivity contribution is 5.43. The van der Waals surface area contributed by atoms with Crippen LogP contribution in [0.1, 0.15) is 24.3 Å². The summed E-state index contributed by atoms with van der Waals surface area (Å²) in [5, 5.41) is 9.42. The quantitative estimate of drug-likeness (QED) is 0.825. The Labute approximate surface area is 95.6 Å². The molecule has 1 atom stereocenters. The normalized spacial score (nSPS) is 24.4. The van der Waals surface area contributed by atoms with Crippen molar-refractivity contribution in [1.82, 2.24) is 4.90 Å². The summed E-state index contributed by atoms with van der Waals surface area (Å²) in [4.78, 5) is 2.49. The van der Waals surface area contributed by atoms with Crippen LogP contribution in [0.3, 0.4) is 0 Å². The van der Waals surface area contributed by atoms with Gasteiger partial charge in [-0.25, -0.2) is 0 Å². The lowest BCUT2D eigenvalue weighted by Gasteiger charge is -2.36. The Morgan fingerprint density at radius 3 is 3.00 bits per heavy atom. The van der Waals surface area contributed by atoms with E-state index in [0.717, 1.165) is 25.3 Å². The van der Waals surface area contributed by atoms with Crippen LogP contribution in [0.25, 0.3) is 0 Å². The van der Waals surface area contributed by atoms with Crippen molar-refractivity contribution in [3.63, 3.8) is 0 Å². The number of fused-ring (bicyclic) bond motifs is 1. The first-order chi connectivity index (χ1) is 7.83. The number of phenols is 1. The highest BCUT2D eigenvalue weighted by Crippen LogP contribution is 2.36. The molecule has 1 aromatic carbocycles. The average molecular weight is 219 g/mol. The van der Waals surface area contributed by atoms with Crippen LogP contribution < -0.4 is 4.74 Å². The molecule has 3 rings (SSSR count). The Morgan fingerprint density at radius 1 is 1.38 bits per heavy atom. The zero-order chi connectivity index (χ0) is 11.0. The molecule has 1 fully saturated rings. The molecule has 0 radical (unpaired) electrons. The van der Waals surface area contributed by atoms with Crippen LogP contribution in [-0.2, 0) is 0 Å². The van der Waals surface area contributed by atoms with Crippen molar-refractivity contribution in [2.75, 3.05) is 26.2 Å². The maximum Gasteiger partial charge on any atom is 0.126 e. The second-order valence-corrected chi connectivity index (χ2v) is 4.71. The molecule has 0 aromatic heterocycles. The van der Waals surface area contributed by atoms with Gasteiger partial charge >= 0.3 is 0 Å². The molecule has 2 heterocycles. The number of aromatic hydroxyl groups is 1. The minimum atomic E-state index is 0.295. The first-order valence-corrected chi connectivity index (χ1v) is 6.01. The highest BCUT2D eigenvalue weighted by atomic mass is 16.5. The summed E-state index contributed by atoms with van der Waals surface area (Å²) in [6.07, 6.45) is 2.43. The van der Waals surface area contributed by atoms with Gasteiger partial charge in [0.15, 0.2) is 0 Å². The number of hydrogen-bond donors (Lipinski definition) is 1. The standard InChI is InChI=1S/C13H17NO2/c15-11-2-3-12-10(9-14-5-1-6-14)4-7-16-13(12)8-11/h2-3,8,10,15H,1,4-7,9H2. The Kier molecular flexibility index (Phi) is 2.48. The first kappa shape index (κ1) is 9.97. The number of benzene rings is 1. The molecular formula is C13H17NO2. The van der Waals surface area contributed by atoms with E-state index in [-0.39, 0.29) is 0 Å². The Bertz CT molecular complexity index is 388. The minimum absolute atomic E-state index is 0.295. The van der Waals surface area contributed by atoms with Gasteiger partial charge in [0.05, 0.1) is 6.61 Å². The smallest absolute Gasteiger partial charge is 0.126 e. The number of rotatable bonds is 2. The van der Waals surface area contributed by atoms with Crippen LogP contribution in [0.4, 0.5) is 0 Å². The largest absolute Gasteiger partial charge is 0.508 e. The summed E-state index contributed by atoms with van der Waals surface area (Å²) in [6.45, 7) is 4.39. The minimum Gasteiger partial charge on any atom is -0.508 e. The van der Waals surface area contributed by atoms with Crippen molar-refractivity contribution < 1.29 is 9.84 Å². The maximum atomic E-state index is 9.42. The molecule has 86 valence electrons. The Morgan fingerprint density at radius 2 is 2.25 bits per heavy atom. The molecule has 3 heteroatoms. The van der Waals surface area contributed by atoms with Crippen molar-refractivity contribution in [3.05, 3.63) is 23.8 Å². The molecular weight excluding hydrogens is 202 g/mol. The molecule has 1 N–H and O–H groups in total. The second-order valence-electron chi connectivity index (χ2n) is 4.71. The van der Waals surface area contributed by atoms with Crippen LogP contribution >= 0.6 is 0 Å². The number of hydrogen-bond acceptors (Lipinski definition) is 3. The van der Waals surface area contributed by atoms with Gasteiger partial charge in [-0.2, -0.15) is 0 Å². The summed E-state index contributed by atoms with van der Waals surface area (Å²) in [6, 6.07) is 5.50. The molecule has 1 unspecified atom stereocenters. The van der Waals surface area contributed by atoms with Crippen molar-refractivity contribution in [1.29, 1.82) is 0 Å². The van der Waals surface area contributed by atoms with Gasteiger partial charge in [-0.3, -0.25) is 0 Å². The molecule has 0 bridgehead atoms. The maximum absolute atomic E-state index is 9.42. The van der Waals surface area contributed by atoms with Crippen molar-refractivity contribution in [3.8, 4) is 11.5 Å². The fourth-order valence-electron chi connectivity index (χ4n) is 2.52. The van der Waals surface area contributed by atoms with Crippen molar-refractivity contribution in [2.24, 2.45) is 0 Å². The van der Waals surface area contributed by atoms with Gasteiger partial charge in [0.2, 0.25) is 0 Å². The van der Waals surface area contributed by atoms with E-state index >= 15 is 0 Å². The van der Waals surface area contributed by atoms with Crippen molar-refractivity contribution >= 4 is 0 Å². The zero-order valence-corrected chi connectivity index (χ0v) is 9.35. The van der Waals surface area contributed by atoms with Gasteiger partial charge in [-0.15, -0.1) is 0 Å². The lowest BCUT2D eigenvalue weighted by atomic mass is 9.91. The molecule has 16 heavy (non-hydrogen) atoms. The van der Waals surface area contributed by atoms with E-state index in [1.165, 1.54) is 25.1 Å². The van der Waals surface area contributed by atoms with Gasteiger partial charge in [-0.1, -0.05) is 6.07 Å². The number of ether oxygens (including phenoxy) is 1. The lowest BCUT2D eigenvalue weighted by Crippen LogP contribution is -2.40. The number of likely N-dealkylation sites (tertiary alicyclic amines) is 1. The van der Waals surface area contributed by atoms with E-state index in [2.05, 4.69) is 4.90 Å². The predicted octanol–water partition coefficient (Wildman–Crippen LogP) is 1.96. The number of nitrogens with zero attached hydrogens (tertiary/aromatic N) is 1. The third-order valence-corrected chi connectivity index (χ3v) is 3.59. The predicted molar refractivity (Wildman–Crippen MR) is 62.0 cm³/mol. The fraction of sp³-hybridized carbons (Fsp3) is 0.538. The SMILES string of the molecule is Oc1ccc2c(c1)OCCC2CN1CCC1. The van der Waals surface area contributed by atoms with Gasteiger partial charge < -0.3 is 14.7 Å². The van der Waals surface area contributed by atoms with Crippen molar-refractivity contribution in [2.45, 2.75) is 18.8 Å². The Hall–Kier alpha value is -1.22. The van der Waals surface area contributed by atoms with E-state index in [9.17, 15) is 5.11 Å². The average Bonchev–Trinajstić information content (AvgIpc) is 2.23. The molecule has 2 aliphatic rings. The van der Waals surface area contributed by atoms with Crippen LogP contribution in [0.5, 0.6) is 11.5 Å². The summed E-state index contributed by atoms with van der Waals surface area (Å²) in [5.41, 5.74) is 1.26. The molecule has 1 saturated heterocycles. The third-order valence-electron chi connectivity index (χ3n) is 3.59. The summed E-state index contributed by atoms with van der Waals surface area (Å²) in [5.74, 6) is 1.74. The monoisotopic (exact) mass is 219 g/mol. The molecule has 0 saturated carbocycles. The third kappa shape index (κ3) is 1.76. The molecule has 0 amide bonds. The van der Waals surface area contributed by atoms with E-state index in [0.29, 0.717) is 11.7 Å². The second kappa shape index (κ2) is 3.98. The summed E-state index contributed by atoms with van der Waals surface area (Å²) in [7, 11) is 0. The number of phenolic OH excluding ortho intramolecular Hbond substituents is 1. The van der Waals surface area contributed by atoms with Crippen LogP contribution in [0, 0.1) is 0 Å². The van der Waals surface area contributed by atoms with Gasteiger partial charge in [0, 0.05) is 18.5 Å². The molecule has 3 nitrogen and oxygen atoms in total. The van der Waals surface area contributed by atoms with Crippen LogP contribution in [-0.4, -0.2) is 36.2 Å². The zero-order valence-electron chi connectivity index (χ0n) is 9.35. The fourth-order valence-corrected chi connectivity index (χ4v) is 2.52. The summed E-state index contributed by atoms with van der Waals surface area (Å²) < 4.78 is 5.59. The molecule has 1 aromatic rings.